The molecule has 0 saturated carbocycles. The highest BCUT2D eigenvalue weighted by molar-refractivity contribution is 6.00. The summed E-state index contributed by atoms with van der Waals surface area (Å²) in [5.41, 5.74) is 7.44. The van der Waals surface area contributed by atoms with Crippen molar-refractivity contribution >= 4 is 17.8 Å². The van der Waals surface area contributed by atoms with Crippen molar-refractivity contribution < 1.29 is 33.7 Å². The van der Waals surface area contributed by atoms with Crippen LogP contribution in [-0.2, 0) is 0 Å². The molecule has 0 aliphatic rings. The number of carboxylic acids is 1. The van der Waals surface area contributed by atoms with E-state index in [4.69, 9.17) is 19.3 Å². The van der Waals surface area contributed by atoms with Gasteiger partial charge in [0.1, 0.15) is 17.2 Å². The summed E-state index contributed by atoms with van der Waals surface area (Å²) in [4.78, 5) is 37.5. The van der Waals surface area contributed by atoms with Crippen molar-refractivity contribution in [2.75, 3.05) is 21.3 Å². The number of ether oxygens (including phenoxy) is 3. The average molecular weight is 607 g/mol. The maximum absolute atomic E-state index is 13.6. The molecule has 0 fully saturated rings. The molecule has 3 rings (SSSR count). The van der Waals surface area contributed by atoms with Crippen LogP contribution in [0.5, 0.6) is 17.2 Å². The Kier molecular flexibility index (Phi) is 12.4. The maximum atomic E-state index is 13.6. The Morgan fingerprint density at radius 3 is 1.75 bits per heavy atom. The average Bonchev–Trinajstić information content (AvgIpc) is 2.95. The van der Waals surface area contributed by atoms with Crippen molar-refractivity contribution in [1.29, 1.82) is 0 Å². The number of amides is 2. The molecule has 1 unspecified atom stereocenters. The highest BCUT2D eigenvalue weighted by Gasteiger charge is 2.34. The molecule has 0 aromatic heterocycles. The first-order valence-electron chi connectivity index (χ1n) is 14.4. The lowest BCUT2D eigenvalue weighted by molar-refractivity contribution is 0.0284. The van der Waals surface area contributed by atoms with Crippen molar-refractivity contribution in [3.05, 3.63) is 87.5 Å². The number of carbonyl (C=O) groups excluding carboxylic acids is 2. The zero-order chi connectivity index (χ0) is 33.4. The molecule has 9 nitrogen and oxygen atoms in total. The molecule has 9 heteroatoms. The molecule has 1 atom stereocenters. The summed E-state index contributed by atoms with van der Waals surface area (Å²) >= 11 is 0. The second kappa shape index (κ2) is 15.3. The lowest BCUT2D eigenvalue weighted by atomic mass is 9.84. The van der Waals surface area contributed by atoms with Gasteiger partial charge in [0.25, 0.3) is 11.8 Å². The van der Waals surface area contributed by atoms with Crippen LogP contribution in [0.25, 0.3) is 0 Å². The maximum Gasteiger partial charge on any atom is 0.335 e. The molecular formula is C35H46N2O7. The van der Waals surface area contributed by atoms with Crippen LogP contribution in [0.4, 0.5) is 0 Å². The number of hydrazine groups is 1. The summed E-state index contributed by atoms with van der Waals surface area (Å²) in [7, 11) is 4.56. The SMILES string of the molecule is CCC(N(NC(=O)c1cccc(OC)c1C)C(=O)c1cc(C)cc(C)c1)C(C)(C)C.COc1cc(C(=O)O)cc(OC)c1C. The number of nitrogens with one attached hydrogen (secondary N) is 1. The minimum absolute atomic E-state index is 0.157. The van der Waals surface area contributed by atoms with Crippen molar-refractivity contribution in [2.45, 2.75) is 67.9 Å². The highest BCUT2D eigenvalue weighted by atomic mass is 16.5. The second-order valence-corrected chi connectivity index (χ2v) is 11.7. The summed E-state index contributed by atoms with van der Waals surface area (Å²) in [5, 5.41) is 10.3. The van der Waals surface area contributed by atoms with E-state index in [1.54, 1.807) is 19.2 Å². The Labute approximate surface area is 261 Å². The smallest absolute Gasteiger partial charge is 0.335 e. The van der Waals surface area contributed by atoms with E-state index >= 15 is 0 Å². The largest absolute Gasteiger partial charge is 0.496 e. The van der Waals surface area contributed by atoms with Crippen LogP contribution in [0.15, 0.2) is 48.5 Å². The van der Waals surface area contributed by atoms with Crippen molar-refractivity contribution in [3.63, 3.8) is 0 Å². The van der Waals surface area contributed by atoms with Gasteiger partial charge in [-0.2, -0.15) is 0 Å². The lowest BCUT2D eigenvalue weighted by Crippen LogP contribution is -2.56. The molecule has 0 saturated heterocycles. The monoisotopic (exact) mass is 606 g/mol. The normalized spacial score (nSPS) is 11.4. The summed E-state index contributed by atoms with van der Waals surface area (Å²) in [5.74, 6) is 0.132. The molecule has 2 N–H and O–H groups in total. The van der Waals surface area contributed by atoms with Gasteiger partial charge in [-0.1, -0.05) is 51.0 Å². The molecular weight excluding hydrogens is 560 g/mol. The molecule has 0 spiro atoms. The summed E-state index contributed by atoms with van der Waals surface area (Å²) in [6.07, 6.45) is 0.706. The number of methoxy groups -OCH3 is 3. The van der Waals surface area contributed by atoms with Crippen LogP contribution in [-0.4, -0.2) is 55.3 Å². The number of benzene rings is 3. The number of nitrogens with zero attached hydrogens (tertiary/aromatic N) is 1. The van der Waals surface area contributed by atoms with Crippen LogP contribution in [0.2, 0.25) is 0 Å². The van der Waals surface area contributed by atoms with Gasteiger partial charge in [0.15, 0.2) is 0 Å². The van der Waals surface area contributed by atoms with Crippen LogP contribution in [0.1, 0.15) is 87.4 Å². The number of rotatable bonds is 8. The molecule has 0 radical (unpaired) electrons. The number of hydrogen-bond donors (Lipinski definition) is 2. The number of carbonyl (C=O) groups is 3. The van der Waals surface area contributed by atoms with Gasteiger partial charge in [-0.3, -0.25) is 15.0 Å². The van der Waals surface area contributed by atoms with E-state index in [1.165, 1.54) is 31.4 Å². The fraction of sp³-hybridized carbons (Fsp3) is 0.400. The zero-order valence-corrected chi connectivity index (χ0v) is 27.7. The van der Waals surface area contributed by atoms with E-state index in [9.17, 15) is 14.4 Å². The van der Waals surface area contributed by atoms with Gasteiger partial charge in [0, 0.05) is 22.3 Å². The molecule has 2 amide bonds. The topological polar surface area (TPSA) is 114 Å². The predicted molar refractivity (Wildman–Crippen MR) is 172 cm³/mol. The Bertz CT molecular complexity index is 1450. The summed E-state index contributed by atoms with van der Waals surface area (Å²) in [6.45, 7) is 15.8. The van der Waals surface area contributed by atoms with Crippen LogP contribution in [0.3, 0.4) is 0 Å². The summed E-state index contributed by atoms with van der Waals surface area (Å²) in [6, 6.07) is 13.8. The zero-order valence-electron chi connectivity index (χ0n) is 27.7. The number of aromatic carboxylic acids is 1. The van der Waals surface area contributed by atoms with Crippen LogP contribution in [0, 0.1) is 33.1 Å². The quantitative estimate of drug-likeness (QED) is 0.267. The van der Waals surface area contributed by atoms with Crippen molar-refractivity contribution in [1.82, 2.24) is 10.4 Å². The number of carboxylic acid groups (broad SMARTS) is 1. The molecule has 0 aliphatic heterocycles. The first-order valence-corrected chi connectivity index (χ1v) is 14.4. The minimum atomic E-state index is -0.999. The van der Waals surface area contributed by atoms with E-state index in [1.807, 2.05) is 58.9 Å². The van der Waals surface area contributed by atoms with Crippen molar-refractivity contribution in [3.8, 4) is 17.2 Å². The van der Waals surface area contributed by atoms with E-state index in [2.05, 4.69) is 26.2 Å². The Hall–Kier alpha value is -4.53. The first kappa shape index (κ1) is 35.7. The molecule has 238 valence electrons. The van der Waals surface area contributed by atoms with Gasteiger partial charge in [-0.15, -0.1) is 0 Å². The van der Waals surface area contributed by atoms with Gasteiger partial charge in [-0.25, -0.2) is 9.80 Å². The minimum Gasteiger partial charge on any atom is -0.496 e. The molecule has 44 heavy (non-hydrogen) atoms. The van der Waals surface area contributed by atoms with Crippen LogP contribution >= 0.6 is 0 Å². The van der Waals surface area contributed by atoms with Gasteiger partial charge in [-0.05, 0) is 75.9 Å². The number of aryl methyl sites for hydroxylation is 2. The molecule has 0 heterocycles. The Morgan fingerprint density at radius 1 is 0.795 bits per heavy atom. The fourth-order valence-electron chi connectivity index (χ4n) is 5.15. The fourth-order valence-corrected chi connectivity index (χ4v) is 5.15. The molecule has 0 aliphatic carbocycles. The van der Waals surface area contributed by atoms with Gasteiger partial charge in [0.05, 0.1) is 32.9 Å². The molecule has 3 aromatic rings. The van der Waals surface area contributed by atoms with Gasteiger partial charge < -0.3 is 19.3 Å². The van der Waals surface area contributed by atoms with Crippen LogP contribution < -0.4 is 19.6 Å². The third-order valence-corrected chi connectivity index (χ3v) is 7.36. The summed E-state index contributed by atoms with van der Waals surface area (Å²) < 4.78 is 15.4. The third-order valence-electron chi connectivity index (χ3n) is 7.36. The van der Waals surface area contributed by atoms with Crippen molar-refractivity contribution in [2.24, 2.45) is 5.41 Å². The van der Waals surface area contributed by atoms with E-state index < -0.39 is 5.97 Å². The van der Waals surface area contributed by atoms with E-state index in [0.717, 1.165) is 22.3 Å². The number of hydrogen-bond acceptors (Lipinski definition) is 6. The molecule has 3 aromatic carbocycles. The van der Waals surface area contributed by atoms with Gasteiger partial charge >= 0.3 is 5.97 Å². The standard InChI is InChI=1S/C25H34N2O3.C10H12O4/c1-9-22(25(5,6)7)27(24(29)19-14-16(2)13-17(3)15-19)26-23(28)20-11-10-12-21(30-8)18(20)4;1-6-8(13-2)4-7(10(11)12)5-9(6)14-3/h10-15,22H,9H2,1-8H3,(H,26,28);4-5H,1-3H3,(H,11,12). The second-order valence-electron chi connectivity index (χ2n) is 11.7. The van der Waals surface area contributed by atoms with E-state index in [0.29, 0.717) is 34.8 Å². The Balaban J connectivity index is 0.000000402. The van der Waals surface area contributed by atoms with Gasteiger partial charge in [0.2, 0.25) is 0 Å². The third kappa shape index (κ3) is 8.75. The molecule has 0 bridgehead atoms. The lowest BCUT2D eigenvalue weighted by Gasteiger charge is -2.39. The Morgan fingerprint density at radius 2 is 1.32 bits per heavy atom. The first-order chi connectivity index (χ1) is 20.6. The highest BCUT2D eigenvalue weighted by Crippen LogP contribution is 2.30. The van der Waals surface area contributed by atoms with E-state index in [-0.39, 0.29) is 28.8 Å². The predicted octanol–water partition coefficient (Wildman–Crippen LogP) is 6.94.